The van der Waals surface area contributed by atoms with Crippen LogP contribution in [0, 0.1) is 6.92 Å². The lowest BCUT2D eigenvalue weighted by Crippen LogP contribution is -2.27. The van der Waals surface area contributed by atoms with Gasteiger partial charge in [0.05, 0.1) is 19.3 Å². The summed E-state index contributed by atoms with van der Waals surface area (Å²) < 4.78 is 11.9. The number of rotatable bonds is 5. The summed E-state index contributed by atoms with van der Waals surface area (Å²) in [5, 5.41) is 9.39. The van der Waals surface area contributed by atoms with E-state index in [1.54, 1.807) is 35.8 Å². The molecule has 8 nitrogen and oxygen atoms in total. The summed E-state index contributed by atoms with van der Waals surface area (Å²) in [6.07, 6.45) is 1.85. The number of para-hydroxylation sites is 1. The number of hydrogen-bond acceptors (Lipinski definition) is 7. The maximum Gasteiger partial charge on any atom is 0.271 e. The molecule has 0 aliphatic heterocycles. The van der Waals surface area contributed by atoms with Gasteiger partial charge in [-0.3, -0.25) is 9.20 Å². The maximum absolute atomic E-state index is 12.9. The molecule has 27 heavy (non-hydrogen) atoms. The van der Waals surface area contributed by atoms with E-state index < -0.39 is 0 Å². The van der Waals surface area contributed by atoms with Crippen LogP contribution in [0.25, 0.3) is 16.2 Å². The van der Waals surface area contributed by atoms with Crippen molar-refractivity contribution in [2.75, 3.05) is 14.2 Å². The van der Waals surface area contributed by atoms with Crippen LogP contribution in [-0.4, -0.2) is 44.7 Å². The van der Waals surface area contributed by atoms with E-state index in [4.69, 9.17) is 9.37 Å². The average molecular weight is 383 g/mol. The second kappa shape index (κ2) is 6.84. The smallest absolute Gasteiger partial charge is 0.271 e. The zero-order valence-corrected chi connectivity index (χ0v) is 15.9. The number of amides is 1. The SMILES string of the molecule is COc1ccccc1-c1cn2c(C(=O)N(C)Cc3nonc3C)csc2n1. The highest BCUT2D eigenvalue weighted by molar-refractivity contribution is 7.15. The van der Waals surface area contributed by atoms with E-state index in [-0.39, 0.29) is 5.91 Å². The van der Waals surface area contributed by atoms with E-state index in [1.807, 2.05) is 30.5 Å². The van der Waals surface area contributed by atoms with Crippen LogP contribution in [0.3, 0.4) is 0 Å². The molecule has 0 aliphatic rings. The Morgan fingerprint density at radius 2 is 2.15 bits per heavy atom. The third kappa shape index (κ3) is 3.06. The quantitative estimate of drug-likeness (QED) is 0.527. The summed E-state index contributed by atoms with van der Waals surface area (Å²) in [7, 11) is 3.35. The Balaban J connectivity index is 1.66. The van der Waals surface area contributed by atoms with Crippen molar-refractivity contribution in [1.29, 1.82) is 0 Å². The van der Waals surface area contributed by atoms with Gasteiger partial charge in [0, 0.05) is 24.2 Å². The van der Waals surface area contributed by atoms with Gasteiger partial charge in [-0.25, -0.2) is 9.61 Å². The summed E-state index contributed by atoms with van der Waals surface area (Å²) in [5.74, 6) is 0.606. The van der Waals surface area contributed by atoms with E-state index in [9.17, 15) is 4.79 Å². The van der Waals surface area contributed by atoms with E-state index in [1.165, 1.54) is 11.3 Å². The summed E-state index contributed by atoms with van der Waals surface area (Å²) in [5.41, 5.74) is 3.49. The normalized spacial score (nSPS) is 11.1. The Hall–Kier alpha value is -3.20. The lowest BCUT2D eigenvalue weighted by Gasteiger charge is -2.14. The molecule has 4 aromatic rings. The molecule has 9 heteroatoms. The van der Waals surface area contributed by atoms with E-state index in [0.717, 1.165) is 22.0 Å². The van der Waals surface area contributed by atoms with Gasteiger partial charge in [0.25, 0.3) is 5.91 Å². The highest BCUT2D eigenvalue weighted by atomic mass is 32.1. The minimum atomic E-state index is -0.132. The number of fused-ring (bicyclic) bond motifs is 1. The van der Waals surface area contributed by atoms with Crippen molar-refractivity contribution in [3.05, 3.63) is 52.9 Å². The van der Waals surface area contributed by atoms with Gasteiger partial charge in [-0.15, -0.1) is 11.3 Å². The van der Waals surface area contributed by atoms with Crippen LogP contribution in [0.2, 0.25) is 0 Å². The predicted octanol–water partition coefficient (Wildman–Crippen LogP) is 3.04. The van der Waals surface area contributed by atoms with Crippen molar-refractivity contribution >= 4 is 22.2 Å². The first-order valence-corrected chi connectivity index (χ1v) is 9.10. The molecule has 1 amide bonds. The number of ether oxygens (including phenoxy) is 1. The number of aryl methyl sites for hydroxylation is 1. The van der Waals surface area contributed by atoms with Gasteiger partial charge >= 0.3 is 0 Å². The largest absolute Gasteiger partial charge is 0.496 e. The van der Waals surface area contributed by atoms with Crippen molar-refractivity contribution in [2.45, 2.75) is 13.5 Å². The standard InChI is InChI=1S/C18H17N5O3S/c1-11-13(21-26-20-11)8-22(2)17(24)15-10-27-18-19-14(9-23(15)18)12-6-4-5-7-16(12)25-3/h4-7,9-10H,8H2,1-3H3. The molecule has 0 aliphatic carbocycles. The molecule has 3 heterocycles. The van der Waals surface area contributed by atoms with Crippen LogP contribution in [0.1, 0.15) is 21.9 Å². The van der Waals surface area contributed by atoms with E-state index >= 15 is 0 Å². The molecule has 0 saturated heterocycles. The number of hydrogen-bond donors (Lipinski definition) is 0. The van der Waals surface area contributed by atoms with Crippen LogP contribution in [0.4, 0.5) is 0 Å². The molecule has 0 N–H and O–H groups in total. The predicted molar refractivity (Wildman–Crippen MR) is 99.9 cm³/mol. The fraction of sp³-hybridized carbons (Fsp3) is 0.222. The lowest BCUT2D eigenvalue weighted by atomic mass is 10.1. The molecule has 4 rings (SSSR count). The lowest BCUT2D eigenvalue weighted by molar-refractivity contribution is 0.0775. The highest BCUT2D eigenvalue weighted by Crippen LogP contribution is 2.30. The Labute approximate surface area is 159 Å². The molecule has 3 aromatic heterocycles. The van der Waals surface area contributed by atoms with Crippen molar-refractivity contribution in [2.24, 2.45) is 0 Å². The molecule has 138 valence electrons. The van der Waals surface area contributed by atoms with E-state index in [0.29, 0.717) is 23.6 Å². The van der Waals surface area contributed by atoms with Gasteiger partial charge in [0.15, 0.2) is 4.96 Å². The van der Waals surface area contributed by atoms with Gasteiger partial charge in [-0.2, -0.15) is 0 Å². The zero-order chi connectivity index (χ0) is 19.0. The number of thiazole rings is 1. The number of carbonyl (C=O) groups excluding carboxylic acids is 1. The summed E-state index contributed by atoms with van der Waals surface area (Å²) in [6, 6.07) is 7.67. The number of benzene rings is 1. The van der Waals surface area contributed by atoms with Crippen molar-refractivity contribution in [3.63, 3.8) is 0 Å². The van der Waals surface area contributed by atoms with Gasteiger partial charge in [-0.05, 0) is 19.1 Å². The fourth-order valence-electron chi connectivity index (χ4n) is 2.81. The molecule has 0 bridgehead atoms. The maximum atomic E-state index is 12.9. The third-order valence-electron chi connectivity index (χ3n) is 4.29. The molecule has 0 fully saturated rings. The molecular formula is C18H17N5O3S. The third-order valence-corrected chi connectivity index (χ3v) is 5.13. The Kier molecular flexibility index (Phi) is 4.36. The second-order valence-electron chi connectivity index (χ2n) is 6.06. The van der Waals surface area contributed by atoms with Gasteiger partial charge in [0.1, 0.15) is 22.8 Å². The molecule has 0 spiro atoms. The monoisotopic (exact) mass is 383 g/mol. The Bertz CT molecular complexity index is 1110. The van der Waals surface area contributed by atoms with Crippen LogP contribution in [0.15, 0.2) is 40.5 Å². The van der Waals surface area contributed by atoms with Crippen LogP contribution in [-0.2, 0) is 6.54 Å². The first-order valence-electron chi connectivity index (χ1n) is 8.22. The number of aromatic nitrogens is 4. The molecule has 0 atom stereocenters. The van der Waals surface area contributed by atoms with Crippen molar-refractivity contribution < 1.29 is 14.2 Å². The summed E-state index contributed by atoms with van der Waals surface area (Å²) in [6.45, 7) is 2.11. The van der Waals surface area contributed by atoms with Crippen LogP contribution < -0.4 is 4.74 Å². The van der Waals surface area contributed by atoms with E-state index in [2.05, 4.69) is 15.3 Å². The molecule has 0 saturated carbocycles. The number of nitrogens with zero attached hydrogens (tertiary/aromatic N) is 5. The first-order chi connectivity index (χ1) is 13.1. The Morgan fingerprint density at radius 1 is 1.33 bits per heavy atom. The summed E-state index contributed by atoms with van der Waals surface area (Å²) >= 11 is 1.42. The fourth-order valence-corrected chi connectivity index (χ4v) is 3.66. The van der Waals surface area contributed by atoms with Crippen molar-refractivity contribution in [1.82, 2.24) is 24.6 Å². The molecule has 0 unspecified atom stereocenters. The first kappa shape index (κ1) is 17.2. The molecule has 1 aromatic carbocycles. The number of methoxy groups -OCH3 is 1. The topological polar surface area (TPSA) is 85.8 Å². The average Bonchev–Trinajstić information content (AvgIpc) is 3.37. The highest BCUT2D eigenvalue weighted by Gasteiger charge is 2.21. The van der Waals surface area contributed by atoms with Crippen LogP contribution >= 0.6 is 11.3 Å². The number of imidazole rings is 1. The minimum Gasteiger partial charge on any atom is -0.496 e. The second-order valence-corrected chi connectivity index (χ2v) is 6.89. The van der Waals surface area contributed by atoms with Gasteiger partial charge in [0.2, 0.25) is 0 Å². The molecular weight excluding hydrogens is 366 g/mol. The van der Waals surface area contributed by atoms with Crippen LogP contribution in [0.5, 0.6) is 5.75 Å². The minimum absolute atomic E-state index is 0.132. The Morgan fingerprint density at radius 3 is 2.89 bits per heavy atom. The van der Waals surface area contributed by atoms with Crippen molar-refractivity contribution in [3.8, 4) is 17.0 Å². The molecule has 0 radical (unpaired) electrons. The van der Waals surface area contributed by atoms with Gasteiger partial charge in [-0.1, -0.05) is 22.4 Å². The summed E-state index contributed by atoms with van der Waals surface area (Å²) in [4.78, 5) is 19.9. The zero-order valence-electron chi connectivity index (χ0n) is 15.0. The van der Waals surface area contributed by atoms with Gasteiger partial charge < -0.3 is 9.64 Å². The number of carbonyl (C=O) groups is 1.